The average Bonchev–Trinajstić information content (AvgIpc) is 2.74. The van der Waals surface area contributed by atoms with E-state index in [0.717, 1.165) is 18.5 Å². The van der Waals surface area contributed by atoms with E-state index in [2.05, 4.69) is 53.4 Å². The number of hydrogen-bond acceptors (Lipinski definition) is 2. The van der Waals surface area contributed by atoms with Gasteiger partial charge in [-0.3, -0.25) is 0 Å². The molecule has 1 unspecified atom stereocenters. The van der Waals surface area contributed by atoms with Crippen LogP contribution in [0.15, 0.2) is 6.07 Å². The standard InChI is InChI=1S/C19H31NO/c1-8-14-10-20(13(6)7)15-9-16(21)17(11(2)3)18(12(4)5)19(14)15/h9,11-14,21H,8,10H2,1-7H3. The molecule has 1 heterocycles. The van der Waals surface area contributed by atoms with Crippen LogP contribution in [0.1, 0.15) is 89.3 Å². The van der Waals surface area contributed by atoms with Crippen molar-refractivity contribution in [1.82, 2.24) is 0 Å². The van der Waals surface area contributed by atoms with Crippen LogP contribution >= 0.6 is 0 Å². The van der Waals surface area contributed by atoms with E-state index in [9.17, 15) is 5.11 Å². The molecule has 0 spiro atoms. The molecule has 1 atom stereocenters. The lowest BCUT2D eigenvalue weighted by atomic mass is 9.81. The molecule has 1 aliphatic rings. The first-order valence-electron chi connectivity index (χ1n) is 8.45. The van der Waals surface area contributed by atoms with Gasteiger partial charge < -0.3 is 10.0 Å². The molecule has 1 N–H and O–H groups in total. The molecule has 2 rings (SSSR count). The number of benzene rings is 1. The van der Waals surface area contributed by atoms with E-state index in [1.165, 1.54) is 16.8 Å². The minimum Gasteiger partial charge on any atom is -0.508 e. The number of nitrogens with zero attached hydrogens (tertiary/aromatic N) is 1. The number of phenols is 1. The Kier molecular flexibility index (Phi) is 4.55. The SMILES string of the molecule is CCC1CN(C(C)C)c2cc(O)c(C(C)C)c(C(C)C)c21. The fourth-order valence-electron chi connectivity index (χ4n) is 3.85. The van der Waals surface area contributed by atoms with Crippen LogP contribution in [0.3, 0.4) is 0 Å². The van der Waals surface area contributed by atoms with Crippen LogP contribution < -0.4 is 4.90 Å². The van der Waals surface area contributed by atoms with Gasteiger partial charge in [0.1, 0.15) is 5.75 Å². The third-order valence-electron chi connectivity index (χ3n) is 4.81. The van der Waals surface area contributed by atoms with E-state index in [0.29, 0.717) is 29.5 Å². The molecule has 0 radical (unpaired) electrons. The van der Waals surface area contributed by atoms with Crippen molar-refractivity contribution in [3.05, 3.63) is 22.8 Å². The number of anilines is 1. The van der Waals surface area contributed by atoms with E-state index in [1.54, 1.807) is 0 Å². The van der Waals surface area contributed by atoms with Crippen molar-refractivity contribution in [3.63, 3.8) is 0 Å². The Bertz CT molecular complexity index is 517. The van der Waals surface area contributed by atoms with Crippen LogP contribution in [0, 0.1) is 0 Å². The Balaban J connectivity index is 2.75. The summed E-state index contributed by atoms with van der Waals surface area (Å²) in [6.45, 7) is 16.7. The Morgan fingerprint density at radius 2 is 1.67 bits per heavy atom. The summed E-state index contributed by atoms with van der Waals surface area (Å²) >= 11 is 0. The summed E-state index contributed by atoms with van der Waals surface area (Å²) in [5.74, 6) is 1.88. The molecule has 21 heavy (non-hydrogen) atoms. The summed E-state index contributed by atoms with van der Waals surface area (Å²) in [5.41, 5.74) is 5.33. The molecule has 0 amide bonds. The highest BCUT2D eigenvalue weighted by molar-refractivity contribution is 5.70. The van der Waals surface area contributed by atoms with Crippen LogP contribution in [-0.2, 0) is 0 Å². The lowest BCUT2D eigenvalue weighted by molar-refractivity contribution is 0.462. The summed E-state index contributed by atoms with van der Waals surface area (Å²) in [5, 5.41) is 10.6. The van der Waals surface area contributed by atoms with Crippen molar-refractivity contribution >= 4 is 5.69 Å². The highest BCUT2D eigenvalue weighted by atomic mass is 16.3. The molecule has 0 saturated heterocycles. The maximum Gasteiger partial charge on any atom is 0.121 e. The van der Waals surface area contributed by atoms with Gasteiger partial charge in [0.05, 0.1) is 0 Å². The van der Waals surface area contributed by atoms with E-state index in [4.69, 9.17) is 0 Å². The monoisotopic (exact) mass is 289 g/mol. The molecule has 1 aliphatic heterocycles. The van der Waals surface area contributed by atoms with E-state index in [1.807, 2.05) is 6.07 Å². The predicted molar refractivity (Wildman–Crippen MR) is 91.8 cm³/mol. The van der Waals surface area contributed by atoms with Gasteiger partial charge in [-0.05, 0) is 43.2 Å². The average molecular weight is 289 g/mol. The summed E-state index contributed by atoms with van der Waals surface area (Å²) in [6, 6.07) is 2.50. The van der Waals surface area contributed by atoms with Crippen molar-refractivity contribution in [2.24, 2.45) is 0 Å². The zero-order valence-corrected chi connectivity index (χ0v) is 14.7. The van der Waals surface area contributed by atoms with Gasteiger partial charge in [-0.1, -0.05) is 34.6 Å². The van der Waals surface area contributed by atoms with Crippen LogP contribution in [0.4, 0.5) is 5.69 Å². The number of hydrogen-bond donors (Lipinski definition) is 1. The first-order chi connectivity index (χ1) is 9.79. The number of phenolic OH excluding ortho intramolecular Hbond substituents is 1. The zero-order valence-electron chi connectivity index (χ0n) is 14.7. The maximum absolute atomic E-state index is 10.6. The van der Waals surface area contributed by atoms with Crippen molar-refractivity contribution in [2.45, 2.75) is 78.7 Å². The minimum atomic E-state index is 0.360. The Hall–Kier alpha value is -1.18. The Morgan fingerprint density at radius 3 is 2.10 bits per heavy atom. The van der Waals surface area contributed by atoms with Crippen molar-refractivity contribution in [2.75, 3.05) is 11.4 Å². The number of aromatic hydroxyl groups is 1. The Morgan fingerprint density at radius 1 is 1.10 bits per heavy atom. The molecule has 0 saturated carbocycles. The molecule has 0 fully saturated rings. The van der Waals surface area contributed by atoms with Gasteiger partial charge in [0.2, 0.25) is 0 Å². The van der Waals surface area contributed by atoms with E-state index in [-0.39, 0.29) is 0 Å². The second kappa shape index (κ2) is 5.90. The third-order valence-corrected chi connectivity index (χ3v) is 4.81. The maximum atomic E-state index is 10.6. The highest BCUT2D eigenvalue weighted by Crippen LogP contribution is 2.49. The number of rotatable bonds is 4. The third kappa shape index (κ3) is 2.65. The zero-order chi connectivity index (χ0) is 15.9. The fraction of sp³-hybridized carbons (Fsp3) is 0.684. The van der Waals surface area contributed by atoms with Gasteiger partial charge in [0, 0.05) is 35.8 Å². The van der Waals surface area contributed by atoms with Crippen molar-refractivity contribution < 1.29 is 5.11 Å². The smallest absolute Gasteiger partial charge is 0.121 e. The van der Waals surface area contributed by atoms with Gasteiger partial charge in [-0.25, -0.2) is 0 Å². The largest absolute Gasteiger partial charge is 0.508 e. The lowest BCUT2D eigenvalue weighted by Crippen LogP contribution is -2.29. The van der Waals surface area contributed by atoms with Gasteiger partial charge in [-0.15, -0.1) is 0 Å². The van der Waals surface area contributed by atoms with Crippen molar-refractivity contribution in [1.29, 1.82) is 0 Å². The summed E-state index contributed by atoms with van der Waals surface area (Å²) in [4.78, 5) is 2.46. The Labute approximate surface area is 130 Å². The molecule has 0 bridgehead atoms. The molecule has 0 aliphatic carbocycles. The van der Waals surface area contributed by atoms with Crippen molar-refractivity contribution in [3.8, 4) is 5.75 Å². The molecular formula is C19H31NO. The van der Waals surface area contributed by atoms with E-state index < -0.39 is 0 Å². The molecule has 1 aromatic rings. The topological polar surface area (TPSA) is 23.5 Å². The van der Waals surface area contributed by atoms with E-state index >= 15 is 0 Å². The minimum absolute atomic E-state index is 0.360. The summed E-state index contributed by atoms with van der Waals surface area (Å²) in [6.07, 6.45) is 1.16. The number of fused-ring (bicyclic) bond motifs is 1. The van der Waals surface area contributed by atoms with Gasteiger partial charge in [0.15, 0.2) is 0 Å². The first kappa shape index (κ1) is 16.2. The molecule has 1 aromatic carbocycles. The molecule has 118 valence electrons. The van der Waals surface area contributed by atoms with Gasteiger partial charge in [-0.2, -0.15) is 0 Å². The van der Waals surface area contributed by atoms with Gasteiger partial charge in [0.25, 0.3) is 0 Å². The van der Waals surface area contributed by atoms with Crippen LogP contribution in [0.25, 0.3) is 0 Å². The second-order valence-corrected chi connectivity index (χ2v) is 7.32. The fourth-order valence-corrected chi connectivity index (χ4v) is 3.85. The molecule has 0 aromatic heterocycles. The first-order valence-corrected chi connectivity index (χ1v) is 8.45. The normalized spacial score (nSPS) is 18.2. The molecular weight excluding hydrogens is 258 g/mol. The quantitative estimate of drug-likeness (QED) is 0.806. The lowest BCUT2D eigenvalue weighted by Gasteiger charge is -2.27. The van der Waals surface area contributed by atoms with Crippen LogP contribution in [0.2, 0.25) is 0 Å². The van der Waals surface area contributed by atoms with Gasteiger partial charge >= 0.3 is 0 Å². The highest BCUT2D eigenvalue weighted by Gasteiger charge is 2.34. The van der Waals surface area contributed by atoms with Crippen LogP contribution in [-0.4, -0.2) is 17.7 Å². The predicted octanol–water partition coefficient (Wildman–Crippen LogP) is 5.36. The molecule has 2 heteroatoms. The molecule has 2 nitrogen and oxygen atoms in total. The second-order valence-electron chi connectivity index (χ2n) is 7.32. The van der Waals surface area contributed by atoms with Crippen LogP contribution in [0.5, 0.6) is 5.75 Å². The summed E-state index contributed by atoms with van der Waals surface area (Å²) < 4.78 is 0. The summed E-state index contributed by atoms with van der Waals surface area (Å²) in [7, 11) is 0.